The molecule has 1 aromatic carbocycles. The first-order valence-electron chi connectivity index (χ1n) is 6.75. The summed E-state index contributed by atoms with van der Waals surface area (Å²) >= 11 is 0. The van der Waals surface area contributed by atoms with E-state index in [2.05, 4.69) is 17.1 Å². The van der Waals surface area contributed by atoms with Crippen molar-refractivity contribution in [2.45, 2.75) is 19.8 Å². The van der Waals surface area contributed by atoms with Gasteiger partial charge >= 0.3 is 0 Å². The lowest BCUT2D eigenvalue weighted by Gasteiger charge is -2.10. The van der Waals surface area contributed by atoms with Gasteiger partial charge in [-0.05, 0) is 51.2 Å². The van der Waals surface area contributed by atoms with Gasteiger partial charge in [0.05, 0.1) is 0 Å². The number of ether oxygens (including phenoxy) is 1. The fourth-order valence-electron chi connectivity index (χ4n) is 1.64. The predicted molar refractivity (Wildman–Crippen MR) is 77.5 cm³/mol. The number of hydrogen-bond donors (Lipinski definition) is 1. The third kappa shape index (κ3) is 6.82. The number of benzene rings is 1. The van der Waals surface area contributed by atoms with Gasteiger partial charge in [0.2, 0.25) is 0 Å². The van der Waals surface area contributed by atoms with Crippen LogP contribution in [0.25, 0.3) is 0 Å². The largest absolute Gasteiger partial charge is 0.484 e. The van der Waals surface area contributed by atoms with Crippen LogP contribution in [0.5, 0.6) is 5.75 Å². The lowest BCUT2D eigenvalue weighted by Crippen LogP contribution is -2.31. The van der Waals surface area contributed by atoms with Crippen molar-refractivity contribution in [3.63, 3.8) is 0 Å². The second kappa shape index (κ2) is 8.53. The molecule has 0 aliphatic heterocycles. The Labute approximate surface area is 115 Å². The van der Waals surface area contributed by atoms with Crippen LogP contribution in [0.2, 0.25) is 0 Å². The fourth-order valence-corrected chi connectivity index (χ4v) is 1.64. The molecule has 1 aromatic rings. The van der Waals surface area contributed by atoms with E-state index in [9.17, 15) is 4.79 Å². The summed E-state index contributed by atoms with van der Waals surface area (Å²) < 4.78 is 5.42. The topological polar surface area (TPSA) is 41.6 Å². The maximum atomic E-state index is 11.5. The minimum absolute atomic E-state index is 0.0710. The number of carbonyl (C=O) groups is 1. The van der Waals surface area contributed by atoms with Crippen molar-refractivity contribution in [2.24, 2.45) is 0 Å². The standard InChI is InChI=1S/C15H24N2O2/c1-4-13-6-8-14(9-7-13)19-12-15(18)16-10-5-11-17(2)3/h6-9H,4-5,10-12H2,1-3H3,(H,16,18). The van der Waals surface area contributed by atoms with Gasteiger partial charge < -0.3 is 15.0 Å². The normalized spacial score (nSPS) is 10.5. The molecule has 0 unspecified atom stereocenters. The molecule has 4 nitrogen and oxygen atoms in total. The van der Waals surface area contributed by atoms with E-state index >= 15 is 0 Å². The summed E-state index contributed by atoms with van der Waals surface area (Å²) in [5.41, 5.74) is 1.26. The van der Waals surface area contributed by atoms with Gasteiger partial charge in [0.25, 0.3) is 5.91 Å². The van der Waals surface area contributed by atoms with Crippen LogP contribution in [-0.2, 0) is 11.2 Å². The summed E-state index contributed by atoms with van der Waals surface area (Å²) in [6.45, 7) is 3.85. The van der Waals surface area contributed by atoms with Gasteiger partial charge in [-0.3, -0.25) is 4.79 Å². The second-order valence-corrected chi connectivity index (χ2v) is 4.79. The van der Waals surface area contributed by atoms with Crippen molar-refractivity contribution in [2.75, 3.05) is 33.8 Å². The molecule has 0 spiro atoms. The molecule has 0 saturated carbocycles. The van der Waals surface area contributed by atoms with Crippen LogP contribution in [0.1, 0.15) is 18.9 Å². The average Bonchev–Trinajstić information content (AvgIpc) is 2.41. The summed E-state index contributed by atoms with van der Waals surface area (Å²) in [5.74, 6) is 0.666. The first-order valence-corrected chi connectivity index (χ1v) is 6.75. The summed E-state index contributed by atoms with van der Waals surface area (Å²) in [4.78, 5) is 13.6. The fraction of sp³-hybridized carbons (Fsp3) is 0.533. The summed E-state index contributed by atoms with van der Waals surface area (Å²) in [6, 6.07) is 7.84. The monoisotopic (exact) mass is 264 g/mol. The first kappa shape index (κ1) is 15.5. The van der Waals surface area contributed by atoms with E-state index in [1.54, 1.807) is 0 Å². The van der Waals surface area contributed by atoms with Crippen LogP contribution >= 0.6 is 0 Å². The molecule has 0 atom stereocenters. The van der Waals surface area contributed by atoms with Crippen molar-refractivity contribution in [1.29, 1.82) is 0 Å². The van der Waals surface area contributed by atoms with Gasteiger partial charge in [-0.2, -0.15) is 0 Å². The Morgan fingerprint density at radius 2 is 1.95 bits per heavy atom. The molecule has 0 heterocycles. The molecule has 0 radical (unpaired) electrons. The molecule has 4 heteroatoms. The lowest BCUT2D eigenvalue weighted by atomic mass is 10.2. The Morgan fingerprint density at radius 1 is 1.26 bits per heavy atom. The van der Waals surface area contributed by atoms with Crippen LogP contribution < -0.4 is 10.1 Å². The first-order chi connectivity index (χ1) is 9.11. The molecule has 0 saturated heterocycles. The number of amides is 1. The van der Waals surface area contributed by atoms with Crippen LogP contribution in [0, 0.1) is 0 Å². The lowest BCUT2D eigenvalue weighted by molar-refractivity contribution is -0.123. The van der Waals surface area contributed by atoms with Crippen LogP contribution in [0.3, 0.4) is 0 Å². The van der Waals surface area contributed by atoms with Gasteiger partial charge in [-0.25, -0.2) is 0 Å². The van der Waals surface area contributed by atoms with E-state index in [1.165, 1.54) is 5.56 Å². The van der Waals surface area contributed by atoms with E-state index in [-0.39, 0.29) is 12.5 Å². The van der Waals surface area contributed by atoms with Gasteiger partial charge in [0, 0.05) is 6.54 Å². The highest BCUT2D eigenvalue weighted by Gasteiger charge is 2.02. The Hall–Kier alpha value is -1.55. The highest BCUT2D eigenvalue weighted by molar-refractivity contribution is 5.77. The van der Waals surface area contributed by atoms with E-state index in [4.69, 9.17) is 4.74 Å². The number of nitrogens with zero attached hydrogens (tertiary/aromatic N) is 1. The van der Waals surface area contributed by atoms with Gasteiger partial charge in [-0.1, -0.05) is 19.1 Å². The highest BCUT2D eigenvalue weighted by Crippen LogP contribution is 2.12. The number of rotatable bonds is 8. The predicted octanol–water partition coefficient (Wildman–Crippen LogP) is 1.70. The van der Waals surface area contributed by atoms with Crippen molar-refractivity contribution in [1.82, 2.24) is 10.2 Å². The van der Waals surface area contributed by atoms with Crippen LogP contribution in [-0.4, -0.2) is 44.6 Å². The highest BCUT2D eigenvalue weighted by atomic mass is 16.5. The zero-order valence-corrected chi connectivity index (χ0v) is 12.1. The summed E-state index contributed by atoms with van der Waals surface area (Å²) in [6.07, 6.45) is 1.95. The molecular weight excluding hydrogens is 240 g/mol. The van der Waals surface area contributed by atoms with Crippen LogP contribution in [0.15, 0.2) is 24.3 Å². The van der Waals surface area contributed by atoms with Crippen LogP contribution in [0.4, 0.5) is 0 Å². The molecule has 0 aliphatic rings. The molecule has 1 rings (SSSR count). The van der Waals surface area contributed by atoms with Crippen molar-refractivity contribution in [3.05, 3.63) is 29.8 Å². The number of nitrogens with one attached hydrogen (secondary N) is 1. The second-order valence-electron chi connectivity index (χ2n) is 4.79. The molecule has 0 fully saturated rings. The molecule has 106 valence electrons. The average molecular weight is 264 g/mol. The maximum Gasteiger partial charge on any atom is 0.257 e. The Balaban J connectivity index is 2.18. The zero-order valence-electron chi connectivity index (χ0n) is 12.1. The van der Waals surface area contributed by atoms with Crippen molar-refractivity contribution < 1.29 is 9.53 Å². The van der Waals surface area contributed by atoms with E-state index < -0.39 is 0 Å². The molecule has 19 heavy (non-hydrogen) atoms. The molecule has 0 aromatic heterocycles. The zero-order chi connectivity index (χ0) is 14.1. The van der Waals surface area contributed by atoms with Crippen molar-refractivity contribution in [3.8, 4) is 5.75 Å². The molecule has 0 aliphatic carbocycles. The molecule has 1 amide bonds. The number of aryl methyl sites for hydroxylation is 1. The van der Waals surface area contributed by atoms with E-state index in [1.807, 2.05) is 38.4 Å². The molecule has 1 N–H and O–H groups in total. The Kier molecular flexibility index (Phi) is 6.97. The third-order valence-corrected chi connectivity index (χ3v) is 2.81. The number of hydrogen-bond acceptors (Lipinski definition) is 3. The Bertz CT molecular complexity index is 374. The Morgan fingerprint density at radius 3 is 2.53 bits per heavy atom. The van der Waals surface area contributed by atoms with Gasteiger partial charge in [-0.15, -0.1) is 0 Å². The summed E-state index contributed by atoms with van der Waals surface area (Å²) in [7, 11) is 4.04. The van der Waals surface area contributed by atoms with Gasteiger partial charge in [0.15, 0.2) is 6.61 Å². The van der Waals surface area contributed by atoms with Crippen molar-refractivity contribution >= 4 is 5.91 Å². The SMILES string of the molecule is CCc1ccc(OCC(=O)NCCCN(C)C)cc1. The minimum atomic E-state index is -0.0710. The van der Waals surface area contributed by atoms with Gasteiger partial charge in [0.1, 0.15) is 5.75 Å². The quantitative estimate of drug-likeness (QED) is 0.727. The third-order valence-electron chi connectivity index (χ3n) is 2.81. The van der Waals surface area contributed by atoms with E-state index in [0.29, 0.717) is 6.54 Å². The molecule has 0 bridgehead atoms. The summed E-state index contributed by atoms with van der Waals surface area (Å²) in [5, 5.41) is 2.84. The minimum Gasteiger partial charge on any atom is -0.484 e. The van der Waals surface area contributed by atoms with E-state index in [0.717, 1.165) is 25.1 Å². The molecular formula is C15H24N2O2. The smallest absolute Gasteiger partial charge is 0.257 e. The number of carbonyl (C=O) groups excluding carboxylic acids is 1. The maximum absolute atomic E-state index is 11.5.